The predicted molar refractivity (Wildman–Crippen MR) is 96.7 cm³/mol. The van der Waals surface area contributed by atoms with Crippen molar-refractivity contribution < 1.29 is 9.47 Å². The summed E-state index contributed by atoms with van der Waals surface area (Å²) in [4.78, 5) is 2.42. The Kier molecular flexibility index (Phi) is 5.05. The van der Waals surface area contributed by atoms with Gasteiger partial charge in [-0.05, 0) is 17.7 Å². The van der Waals surface area contributed by atoms with Gasteiger partial charge in [-0.3, -0.25) is 10.00 Å². The van der Waals surface area contributed by atoms with Gasteiger partial charge < -0.3 is 14.8 Å². The molecule has 6 nitrogen and oxygen atoms in total. The second-order valence-corrected chi connectivity index (χ2v) is 7.19. The number of H-pyrrole nitrogens is 1. The Morgan fingerprint density at radius 1 is 1.24 bits per heavy atom. The first-order valence-electron chi connectivity index (χ1n) is 8.67. The van der Waals surface area contributed by atoms with Gasteiger partial charge in [0.15, 0.2) is 0 Å². The number of nitrogens with zero attached hydrogens (tertiary/aromatic N) is 2. The number of nitrogens with one attached hydrogen (secondary N) is 2. The van der Waals surface area contributed by atoms with Crippen LogP contribution in [0.2, 0.25) is 5.02 Å². The smallest absolute Gasteiger partial charge is 0.116 e. The summed E-state index contributed by atoms with van der Waals surface area (Å²) in [5.74, 6) is 0. The van der Waals surface area contributed by atoms with Crippen LogP contribution in [0.25, 0.3) is 11.3 Å². The van der Waals surface area contributed by atoms with E-state index in [1.54, 1.807) is 0 Å². The topological polar surface area (TPSA) is 62.4 Å². The number of hydrogen-bond acceptors (Lipinski definition) is 5. The van der Waals surface area contributed by atoms with Gasteiger partial charge in [0.05, 0.1) is 31.7 Å². The lowest BCUT2D eigenvalue weighted by molar-refractivity contribution is -0.135. The lowest BCUT2D eigenvalue weighted by Gasteiger charge is -2.41. The van der Waals surface area contributed by atoms with Crippen LogP contribution in [0.5, 0.6) is 0 Å². The number of halogens is 1. The van der Waals surface area contributed by atoms with E-state index < -0.39 is 0 Å². The maximum atomic E-state index is 6.10. The molecule has 0 saturated carbocycles. The van der Waals surface area contributed by atoms with E-state index in [9.17, 15) is 0 Å². The molecular formula is C18H23ClN4O2. The molecule has 2 aliphatic rings. The van der Waals surface area contributed by atoms with Gasteiger partial charge in [0.25, 0.3) is 0 Å². The van der Waals surface area contributed by atoms with Crippen LogP contribution >= 0.6 is 11.6 Å². The van der Waals surface area contributed by atoms with Crippen LogP contribution < -0.4 is 5.32 Å². The summed E-state index contributed by atoms with van der Waals surface area (Å²) < 4.78 is 11.8. The van der Waals surface area contributed by atoms with Crippen LogP contribution in [0.1, 0.15) is 5.56 Å². The van der Waals surface area contributed by atoms with Crippen molar-refractivity contribution in [2.45, 2.75) is 12.1 Å². The number of aromatic amines is 1. The number of aromatic nitrogens is 2. The number of benzene rings is 1. The molecule has 0 unspecified atom stereocenters. The quantitative estimate of drug-likeness (QED) is 0.873. The highest BCUT2D eigenvalue weighted by atomic mass is 35.5. The summed E-state index contributed by atoms with van der Waals surface area (Å²) in [5.41, 5.74) is 3.08. The van der Waals surface area contributed by atoms with E-state index in [0.717, 1.165) is 62.2 Å². The van der Waals surface area contributed by atoms with Crippen LogP contribution in [0, 0.1) is 0 Å². The fourth-order valence-electron chi connectivity index (χ4n) is 3.56. The van der Waals surface area contributed by atoms with Crippen molar-refractivity contribution in [1.29, 1.82) is 0 Å². The Balaban J connectivity index is 1.49. The van der Waals surface area contributed by atoms with E-state index in [4.69, 9.17) is 21.1 Å². The van der Waals surface area contributed by atoms with Gasteiger partial charge in [-0.15, -0.1) is 0 Å². The van der Waals surface area contributed by atoms with Crippen molar-refractivity contribution in [3.8, 4) is 11.3 Å². The number of ether oxygens (including phenoxy) is 2. The van der Waals surface area contributed by atoms with E-state index in [1.807, 2.05) is 30.5 Å². The SMILES string of the molecule is Clc1ccc(-c2[nH]ncc2CN2CCO[C@]3(CNCCOC3)C2)cc1. The van der Waals surface area contributed by atoms with Gasteiger partial charge in [0.2, 0.25) is 0 Å². The average Bonchev–Trinajstić information content (AvgIpc) is 2.96. The Morgan fingerprint density at radius 2 is 2.12 bits per heavy atom. The van der Waals surface area contributed by atoms with Crippen molar-refractivity contribution in [2.75, 3.05) is 46.0 Å². The molecule has 2 N–H and O–H groups in total. The fourth-order valence-corrected chi connectivity index (χ4v) is 3.69. The van der Waals surface area contributed by atoms with Crippen LogP contribution in [-0.2, 0) is 16.0 Å². The average molecular weight is 363 g/mol. The first-order chi connectivity index (χ1) is 12.2. The summed E-state index contributed by atoms with van der Waals surface area (Å²) in [5, 5.41) is 11.5. The monoisotopic (exact) mass is 362 g/mol. The summed E-state index contributed by atoms with van der Waals surface area (Å²) in [6.07, 6.45) is 1.91. The zero-order valence-corrected chi connectivity index (χ0v) is 14.9. The molecule has 7 heteroatoms. The second kappa shape index (κ2) is 7.43. The first-order valence-corrected chi connectivity index (χ1v) is 9.05. The molecule has 2 aliphatic heterocycles. The van der Waals surface area contributed by atoms with Gasteiger partial charge in [0, 0.05) is 43.3 Å². The Bertz CT molecular complexity index is 695. The van der Waals surface area contributed by atoms with Gasteiger partial charge in [-0.1, -0.05) is 23.7 Å². The molecular weight excluding hydrogens is 340 g/mol. The third-order valence-corrected chi connectivity index (χ3v) is 5.06. The summed E-state index contributed by atoms with van der Waals surface area (Å²) in [6, 6.07) is 7.84. The van der Waals surface area contributed by atoms with Crippen LogP contribution in [0.15, 0.2) is 30.5 Å². The molecule has 0 amide bonds. The number of rotatable bonds is 3. The molecule has 1 atom stereocenters. The van der Waals surface area contributed by atoms with Crippen LogP contribution in [0.4, 0.5) is 0 Å². The summed E-state index contributed by atoms with van der Waals surface area (Å²) in [7, 11) is 0. The fraction of sp³-hybridized carbons (Fsp3) is 0.500. The van der Waals surface area contributed by atoms with E-state index in [0.29, 0.717) is 6.61 Å². The lowest BCUT2D eigenvalue weighted by atomic mass is 10.0. The highest BCUT2D eigenvalue weighted by Gasteiger charge is 2.38. The van der Waals surface area contributed by atoms with Crippen molar-refractivity contribution in [3.63, 3.8) is 0 Å². The van der Waals surface area contributed by atoms with Gasteiger partial charge in [-0.2, -0.15) is 5.10 Å². The molecule has 1 spiro atoms. The minimum atomic E-state index is -0.251. The summed E-state index contributed by atoms with van der Waals surface area (Å²) >= 11 is 6.00. The molecule has 134 valence electrons. The normalized spacial score (nSPS) is 25.2. The zero-order valence-electron chi connectivity index (χ0n) is 14.1. The molecule has 2 aromatic rings. The van der Waals surface area contributed by atoms with Crippen molar-refractivity contribution in [1.82, 2.24) is 20.4 Å². The van der Waals surface area contributed by atoms with E-state index in [2.05, 4.69) is 20.4 Å². The van der Waals surface area contributed by atoms with Gasteiger partial charge in [-0.25, -0.2) is 0 Å². The largest absolute Gasteiger partial charge is 0.377 e. The van der Waals surface area contributed by atoms with Crippen molar-refractivity contribution in [3.05, 3.63) is 41.0 Å². The third kappa shape index (κ3) is 3.88. The molecule has 25 heavy (non-hydrogen) atoms. The molecule has 2 fully saturated rings. The molecule has 2 saturated heterocycles. The second-order valence-electron chi connectivity index (χ2n) is 6.75. The van der Waals surface area contributed by atoms with Crippen molar-refractivity contribution in [2.24, 2.45) is 0 Å². The van der Waals surface area contributed by atoms with E-state index in [-0.39, 0.29) is 5.60 Å². The summed E-state index contributed by atoms with van der Waals surface area (Å²) in [6.45, 7) is 6.42. The molecule has 1 aromatic carbocycles. The highest BCUT2D eigenvalue weighted by molar-refractivity contribution is 6.30. The number of hydrogen-bond donors (Lipinski definition) is 2. The molecule has 4 rings (SSSR count). The van der Waals surface area contributed by atoms with Crippen molar-refractivity contribution >= 4 is 11.6 Å². The maximum absolute atomic E-state index is 6.10. The Hall–Kier alpha value is -1.44. The van der Waals surface area contributed by atoms with Crippen LogP contribution in [-0.4, -0.2) is 66.7 Å². The van der Waals surface area contributed by atoms with E-state index >= 15 is 0 Å². The third-order valence-electron chi connectivity index (χ3n) is 4.81. The van der Waals surface area contributed by atoms with E-state index in [1.165, 1.54) is 5.56 Å². The molecule has 0 aliphatic carbocycles. The highest BCUT2D eigenvalue weighted by Crippen LogP contribution is 2.26. The molecule has 1 aromatic heterocycles. The Labute approximate surface area is 152 Å². The molecule has 3 heterocycles. The number of morpholine rings is 1. The molecule has 0 radical (unpaired) electrons. The predicted octanol–water partition coefficient (Wildman–Crippen LogP) is 1.92. The van der Waals surface area contributed by atoms with Gasteiger partial charge >= 0.3 is 0 Å². The maximum Gasteiger partial charge on any atom is 0.116 e. The zero-order chi connectivity index (χ0) is 17.1. The minimum Gasteiger partial charge on any atom is -0.377 e. The molecule has 0 bridgehead atoms. The van der Waals surface area contributed by atoms with Crippen LogP contribution in [0.3, 0.4) is 0 Å². The minimum absolute atomic E-state index is 0.251. The lowest BCUT2D eigenvalue weighted by Crippen LogP contribution is -2.57. The first kappa shape index (κ1) is 17.0. The van der Waals surface area contributed by atoms with Gasteiger partial charge in [0.1, 0.15) is 5.60 Å². The Morgan fingerprint density at radius 3 is 3.00 bits per heavy atom. The standard InChI is InChI=1S/C18H23ClN4O2/c19-16-3-1-14(2-4-16)17-15(9-21-22-17)10-23-6-8-25-18(12-23)11-20-5-7-24-13-18/h1-4,9,20H,5-8,10-13H2,(H,21,22)/t18-/m1/s1.